The smallest absolute Gasteiger partial charge is 0.126 e. The minimum atomic E-state index is 0.153. The van der Waals surface area contributed by atoms with Crippen molar-refractivity contribution in [1.29, 1.82) is 0 Å². The Bertz CT molecular complexity index is 550. The monoisotopic (exact) mass is 268 g/mol. The third-order valence-electron chi connectivity index (χ3n) is 3.59. The Morgan fingerprint density at radius 3 is 2.25 bits per heavy atom. The molecule has 20 heavy (non-hydrogen) atoms. The van der Waals surface area contributed by atoms with E-state index in [1.807, 2.05) is 6.20 Å². The predicted molar refractivity (Wildman–Crippen MR) is 86.1 cm³/mol. The van der Waals surface area contributed by atoms with Gasteiger partial charge in [0.05, 0.1) is 0 Å². The summed E-state index contributed by atoms with van der Waals surface area (Å²) in [5, 5.41) is 3.40. The highest BCUT2D eigenvalue weighted by Gasteiger charge is 2.13. The molecule has 0 unspecified atom stereocenters. The molecule has 1 aromatic heterocycles. The van der Waals surface area contributed by atoms with Crippen LogP contribution in [-0.2, 0) is 18.4 Å². The van der Waals surface area contributed by atoms with Gasteiger partial charge in [0.2, 0.25) is 0 Å². The van der Waals surface area contributed by atoms with Crippen LogP contribution >= 0.6 is 0 Å². The SMILES string of the molecule is CCc1ccccc1CNc1ccc(C(C)(C)C)cn1. The van der Waals surface area contributed by atoms with Crippen LogP contribution in [0.25, 0.3) is 0 Å². The summed E-state index contributed by atoms with van der Waals surface area (Å²) in [4.78, 5) is 4.50. The van der Waals surface area contributed by atoms with Crippen molar-refractivity contribution >= 4 is 5.82 Å². The van der Waals surface area contributed by atoms with Crippen LogP contribution in [0.15, 0.2) is 42.6 Å². The van der Waals surface area contributed by atoms with Gasteiger partial charge in [0.25, 0.3) is 0 Å². The quantitative estimate of drug-likeness (QED) is 0.879. The number of nitrogens with one attached hydrogen (secondary N) is 1. The number of hydrogen-bond donors (Lipinski definition) is 1. The molecule has 1 N–H and O–H groups in total. The van der Waals surface area contributed by atoms with Crippen LogP contribution < -0.4 is 5.32 Å². The Morgan fingerprint density at radius 2 is 1.70 bits per heavy atom. The summed E-state index contributed by atoms with van der Waals surface area (Å²) in [6.45, 7) is 9.62. The van der Waals surface area contributed by atoms with Crippen LogP contribution in [0, 0.1) is 0 Å². The van der Waals surface area contributed by atoms with Gasteiger partial charge in [-0.25, -0.2) is 4.98 Å². The number of pyridine rings is 1. The molecule has 106 valence electrons. The summed E-state index contributed by atoms with van der Waals surface area (Å²) >= 11 is 0. The molecule has 0 saturated heterocycles. The maximum atomic E-state index is 4.50. The molecule has 0 atom stereocenters. The fourth-order valence-corrected chi connectivity index (χ4v) is 2.20. The molecule has 0 saturated carbocycles. The molecular formula is C18H24N2. The van der Waals surface area contributed by atoms with Crippen LogP contribution in [0.4, 0.5) is 5.82 Å². The lowest BCUT2D eigenvalue weighted by Crippen LogP contribution is -2.12. The number of hydrogen-bond acceptors (Lipinski definition) is 2. The molecule has 2 nitrogen and oxygen atoms in total. The third-order valence-corrected chi connectivity index (χ3v) is 3.59. The molecule has 0 amide bonds. The van der Waals surface area contributed by atoms with Gasteiger partial charge in [-0.05, 0) is 34.6 Å². The highest BCUT2D eigenvalue weighted by molar-refractivity contribution is 5.39. The molecule has 1 heterocycles. The molecule has 2 rings (SSSR count). The Hall–Kier alpha value is -1.83. The summed E-state index contributed by atoms with van der Waals surface area (Å²) in [5.41, 5.74) is 4.15. The zero-order valence-corrected chi connectivity index (χ0v) is 12.9. The van der Waals surface area contributed by atoms with Crippen LogP contribution in [-0.4, -0.2) is 4.98 Å². The molecule has 2 aromatic rings. The van der Waals surface area contributed by atoms with Crippen LogP contribution in [0.5, 0.6) is 0 Å². The first-order valence-electron chi connectivity index (χ1n) is 7.28. The number of aryl methyl sites for hydroxylation is 1. The lowest BCUT2D eigenvalue weighted by Gasteiger charge is -2.18. The number of anilines is 1. The van der Waals surface area contributed by atoms with Crippen molar-refractivity contribution in [1.82, 2.24) is 4.98 Å². The standard InChI is InChI=1S/C18H24N2/c1-5-14-8-6-7-9-15(14)12-19-17-11-10-16(13-20-17)18(2,3)4/h6-11,13H,5,12H2,1-4H3,(H,19,20). The maximum Gasteiger partial charge on any atom is 0.126 e. The van der Waals surface area contributed by atoms with Crippen molar-refractivity contribution in [2.75, 3.05) is 5.32 Å². The molecule has 0 bridgehead atoms. The van der Waals surface area contributed by atoms with Gasteiger partial charge in [-0.15, -0.1) is 0 Å². The fraction of sp³-hybridized carbons (Fsp3) is 0.389. The summed E-state index contributed by atoms with van der Waals surface area (Å²) in [5.74, 6) is 0.934. The van der Waals surface area contributed by atoms with E-state index in [0.29, 0.717) is 0 Å². The maximum absolute atomic E-state index is 4.50. The average molecular weight is 268 g/mol. The molecule has 0 radical (unpaired) electrons. The van der Waals surface area contributed by atoms with Crippen LogP contribution in [0.1, 0.15) is 44.4 Å². The highest BCUT2D eigenvalue weighted by atomic mass is 15.0. The lowest BCUT2D eigenvalue weighted by molar-refractivity contribution is 0.587. The van der Waals surface area contributed by atoms with E-state index in [1.165, 1.54) is 16.7 Å². The van der Waals surface area contributed by atoms with Crippen molar-refractivity contribution in [2.45, 2.75) is 46.1 Å². The molecule has 0 aliphatic carbocycles. The average Bonchev–Trinajstić information content (AvgIpc) is 2.45. The Labute approximate surface area is 122 Å². The summed E-state index contributed by atoms with van der Waals surface area (Å²) in [6, 6.07) is 12.8. The lowest BCUT2D eigenvalue weighted by atomic mass is 9.88. The predicted octanol–water partition coefficient (Wildman–Crippen LogP) is 4.55. The van der Waals surface area contributed by atoms with Gasteiger partial charge < -0.3 is 5.32 Å². The topological polar surface area (TPSA) is 24.9 Å². The zero-order chi connectivity index (χ0) is 14.6. The van der Waals surface area contributed by atoms with E-state index < -0.39 is 0 Å². The molecule has 0 aliphatic rings. The van der Waals surface area contributed by atoms with Gasteiger partial charge in [-0.3, -0.25) is 0 Å². The first-order valence-corrected chi connectivity index (χ1v) is 7.28. The Balaban J connectivity index is 2.04. The molecule has 1 aromatic carbocycles. The first kappa shape index (κ1) is 14.6. The van der Waals surface area contributed by atoms with Crippen molar-refractivity contribution in [3.05, 3.63) is 59.3 Å². The van der Waals surface area contributed by atoms with Gasteiger partial charge in [-0.1, -0.05) is 58.0 Å². The van der Waals surface area contributed by atoms with Gasteiger partial charge >= 0.3 is 0 Å². The highest BCUT2D eigenvalue weighted by Crippen LogP contribution is 2.22. The number of aromatic nitrogens is 1. The van der Waals surface area contributed by atoms with Crippen molar-refractivity contribution in [3.8, 4) is 0 Å². The summed E-state index contributed by atoms with van der Waals surface area (Å²) < 4.78 is 0. The molecule has 2 heteroatoms. The van der Waals surface area contributed by atoms with E-state index in [2.05, 4.69) is 74.4 Å². The van der Waals surface area contributed by atoms with E-state index in [1.54, 1.807) is 0 Å². The normalized spacial score (nSPS) is 11.4. The van der Waals surface area contributed by atoms with E-state index in [4.69, 9.17) is 0 Å². The zero-order valence-electron chi connectivity index (χ0n) is 12.9. The van der Waals surface area contributed by atoms with Crippen LogP contribution in [0.3, 0.4) is 0 Å². The third kappa shape index (κ3) is 3.60. The summed E-state index contributed by atoms with van der Waals surface area (Å²) in [7, 11) is 0. The van der Waals surface area contributed by atoms with Gasteiger partial charge in [-0.2, -0.15) is 0 Å². The first-order chi connectivity index (χ1) is 9.50. The fourth-order valence-electron chi connectivity index (χ4n) is 2.20. The Kier molecular flexibility index (Phi) is 4.43. The minimum absolute atomic E-state index is 0.153. The van der Waals surface area contributed by atoms with E-state index in [0.717, 1.165) is 18.8 Å². The van der Waals surface area contributed by atoms with Gasteiger partial charge in [0.15, 0.2) is 0 Å². The molecule has 0 aliphatic heterocycles. The van der Waals surface area contributed by atoms with Crippen molar-refractivity contribution < 1.29 is 0 Å². The largest absolute Gasteiger partial charge is 0.366 e. The molecule has 0 spiro atoms. The molecular weight excluding hydrogens is 244 g/mol. The van der Waals surface area contributed by atoms with E-state index in [9.17, 15) is 0 Å². The number of benzene rings is 1. The number of nitrogens with zero attached hydrogens (tertiary/aromatic N) is 1. The van der Waals surface area contributed by atoms with E-state index >= 15 is 0 Å². The Morgan fingerprint density at radius 1 is 1.00 bits per heavy atom. The van der Waals surface area contributed by atoms with Gasteiger partial charge in [0, 0.05) is 12.7 Å². The van der Waals surface area contributed by atoms with Gasteiger partial charge in [0.1, 0.15) is 5.82 Å². The second kappa shape index (κ2) is 6.08. The number of rotatable bonds is 4. The molecule has 0 fully saturated rings. The van der Waals surface area contributed by atoms with Crippen LogP contribution in [0.2, 0.25) is 0 Å². The minimum Gasteiger partial charge on any atom is -0.366 e. The second-order valence-corrected chi connectivity index (χ2v) is 6.16. The van der Waals surface area contributed by atoms with Crippen molar-refractivity contribution in [3.63, 3.8) is 0 Å². The summed E-state index contributed by atoms with van der Waals surface area (Å²) in [6.07, 6.45) is 3.03. The second-order valence-electron chi connectivity index (χ2n) is 6.16. The van der Waals surface area contributed by atoms with E-state index in [-0.39, 0.29) is 5.41 Å². The van der Waals surface area contributed by atoms with Crippen molar-refractivity contribution in [2.24, 2.45) is 0 Å².